The van der Waals surface area contributed by atoms with Crippen LogP contribution in [0.5, 0.6) is 0 Å². The molecule has 1 atom stereocenters. The maximum absolute atomic E-state index is 4.47. The molecule has 0 radical (unpaired) electrons. The summed E-state index contributed by atoms with van der Waals surface area (Å²) in [5.41, 5.74) is 1.95. The van der Waals surface area contributed by atoms with Crippen LogP contribution < -0.4 is 0 Å². The zero-order valence-electron chi connectivity index (χ0n) is 12.0. The van der Waals surface area contributed by atoms with Crippen LogP contribution in [-0.4, -0.2) is 31.4 Å². The third-order valence-electron chi connectivity index (χ3n) is 3.75. The molecule has 6 heteroatoms. The Hall–Kier alpha value is -1.40. The van der Waals surface area contributed by atoms with E-state index in [4.69, 9.17) is 0 Å². The molecule has 0 aromatic carbocycles. The van der Waals surface area contributed by atoms with E-state index < -0.39 is 0 Å². The van der Waals surface area contributed by atoms with E-state index in [1.807, 2.05) is 31.7 Å². The summed E-state index contributed by atoms with van der Waals surface area (Å²) in [4.78, 5) is 20.1. The molecule has 21 heavy (non-hydrogen) atoms. The van der Waals surface area contributed by atoms with E-state index in [1.54, 1.807) is 0 Å². The molecule has 1 aliphatic rings. The average Bonchev–Trinajstić information content (AvgIpc) is 2.51. The molecule has 1 saturated heterocycles. The van der Waals surface area contributed by atoms with Gasteiger partial charge in [-0.1, -0.05) is 6.42 Å². The monoisotopic (exact) mass is 347 g/mol. The molecule has 0 aliphatic carbocycles. The molecule has 5 nitrogen and oxygen atoms in total. The summed E-state index contributed by atoms with van der Waals surface area (Å²) in [5.74, 6) is 0.901. The average molecular weight is 348 g/mol. The van der Waals surface area contributed by atoms with Gasteiger partial charge >= 0.3 is 0 Å². The summed E-state index contributed by atoms with van der Waals surface area (Å²) in [6.07, 6.45) is 10.9. The summed E-state index contributed by atoms with van der Waals surface area (Å²) in [6.45, 7) is 3.81. The van der Waals surface area contributed by atoms with Gasteiger partial charge < -0.3 is 0 Å². The first-order chi connectivity index (χ1) is 10.2. The Balaban J connectivity index is 1.77. The number of aryl methyl sites for hydroxylation is 1. The number of halogens is 1. The standard InChI is InChI=1S/C15H18BrN5/c1-11-6-18-13(9-17-11)10-21-5-3-2-4-14(21)15-19-7-12(16)8-20-15/h6-9,14H,2-5,10H2,1H3. The predicted molar refractivity (Wildman–Crippen MR) is 83.5 cm³/mol. The summed E-state index contributed by atoms with van der Waals surface area (Å²) in [6, 6.07) is 0.273. The molecule has 2 aromatic heterocycles. The summed E-state index contributed by atoms with van der Waals surface area (Å²) < 4.78 is 0.915. The predicted octanol–water partition coefficient (Wildman–Crippen LogP) is 3.06. The number of likely N-dealkylation sites (tertiary alicyclic amines) is 1. The Bertz CT molecular complexity index is 584. The molecule has 0 bridgehead atoms. The van der Waals surface area contributed by atoms with E-state index in [0.717, 1.165) is 41.2 Å². The van der Waals surface area contributed by atoms with Crippen molar-refractivity contribution in [2.24, 2.45) is 0 Å². The Morgan fingerprint density at radius 3 is 2.62 bits per heavy atom. The van der Waals surface area contributed by atoms with Crippen LogP contribution >= 0.6 is 15.9 Å². The van der Waals surface area contributed by atoms with Gasteiger partial charge in [0, 0.05) is 31.3 Å². The lowest BCUT2D eigenvalue weighted by molar-refractivity contribution is 0.132. The fourth-order valence-corrected chi connectivity index (χ4v) is 2.88. The highest BCUT2D eigenvalue weighted by Gasteiger charge is 2.26. The lowest BCUT2D eigenvalue weighted by Crippen LogP contribution is -2.34. The first-order valence-electron chi connectivity index (χ1n) is 7.21. The van der Waals surface area contributed by atoms with Gasteiger partial charge in [-0.2, -0.15) is 0 Å². The minimum atomic E-state index is 0.273. The van der Waals surface area contributed by atoms with Gasteiger partial charge in [-0.3, -0.25) is 14.9 Å². The second kappa shape index (κ2) is 6.58. The van der Waals surface area contributed by atoms with E-state index >= 15 is 0 Å². The number of hydrogen-bond donors (Lipinski definition) is 0. The molecule has 3 rings (SSSR count). The van der Waals surface area contributed by atoms with E-state index in [9.17, 15) is 0 Å². The van der Waals surface area contributed by atoms with E-state index in [1.165, 1.54) is 12.8 Å². The van der Waals surface area contributed by atoms with Crippen molar-refractivity contribution in [3.05, 3.63) is 46.5 Å². The smallest absolute Gasteiger partial charge is 0.145 e. The number of aromatic nitrogens is 4. The van der Waals surface area contributed by atoms with Crippen molar-refractivity contribution in [2.45, 2.75) is 38.8 Å². The summed E-state index contributed by atoms with van der Waals surface area (Å²) >= 11 is 3.39. The maximum Gasteiger partial charge on any atom is 0.145 e. The minimum absolute atomic E-state index is 0.273. The fraction of sp³-hybridized carbons (Fsp3) is 0.467. The van der Waals surface area contributed by atoms with Crippen LogP contribution in [-0.2, 0) is 6.54 Å². The lowest BCUT2D eigenvalue weighted by Gasteiger charge is -2.34. The molecule has 0 amide bonds. The van der Waals surface area contributed by atoms with Crippen LogP contribution in [0.4, 0.5) is 0 Å². The summed E-state index contributed by atoms with van der Waals surface area (Å²) in [7, 11) is 0. The zero-order valence-corrected chi connectivity index (χ0v) is 13.6. The largest absolute Gasteiger partial charge is 0.287 e. The zero-order chi connectivity index (χ0) is 14.7. The quantitative estimate of drug-likeness (QED) is 0.853. The minimum Gasteiger partial charge on any atom is -0.287 e. The third-order valence-corrected chi connectivity index (χ3v) is 4.16. The van der Waals surface area contributed by atoms with Crippen molar-refractivity contribution >= 4 is 15.9 Å². The van der Waals surface area contributed by atoms with Crippen molar-refractivity contribution < 1.29 is 0 Å². The van der Waals surface area contributed by atoms with Crippen molar-refractivity contribution in [1.82, 2.24) is 24.8 Å². The van der Waals surface area contributed by atoms with Crippen LogP contribution in [0, 0.1) is 6.92 Å². The second-order valence-corrected chi connectivity index (χ2v) is 6.31. The summed E-state index contributed by atoms with van der Waals surface area (Å²) in [5, 5.41) is 0. The van der Waals surface area contributed by atoms with Gasteiger partial charge in [0.25, 0.3) is 0 Å². The van der Waals surface area contributed by atoms with Gasteiger partial charge in [-0.25, -0.2) is 9.97 Å². The van der Waals surface area contributed by atoms with Crippen molar-refractivity contribution in [3.63, 3.8) is 0 Å². The third kappa shape index (κ3) is 3.63. The van der Waals surface area contributed by atoms with Crippen molar-refractivity contribution in [1.29, 1.82) is 0 Å². The molecule has 0 spiro atoms. The van der Waals surface area contributed by atoms with Gasteiger partial charge in [0.05, 0.1) is 21.9 Å². The SMILES string of the molecule is Cc1cnc(CN2CCCCC2c2ncc(Br)cn2)cn1. The van der Waals surface area contributed by atoms with Gasteiger partial charge in [0.1, 0.15) is 5.82 Å². The maximum atomic E-state index is 4.47. The van der Waals surface area contributed by atoms with Crippen LogP contribution in [0.1, 0.15) is 42.5 Å². The lowest BCUT2D eigenvalue weighted by atomic mass is 10.0. The van der Waals surface area contributed by atoms with Crippen LogP contribution in [0.2, 0.25) is 0 Å². The Morgan fingerprint density at radius 2 is 1.90 bits per heavy atom. The van der Waals surface area contributed by atoms with Crippen molar-refractivity contribution in [3.8, 4) is 0 Å². The highest BCUT2D eigenvalue weighted by atomic mass is 79.9. The first-order valence-corrected chi connectivity index (χ1v) is 8.01. The molecule has 3 heterocycles. The van der Waals surface area contributed by atoms with Crippen LogP contribution in [0.25, 0.3) is 0 Å². The Morgan fingerprint density at radius 1 is 1.10 bits per heavy atom. The molecule has 1 unspecified atom stereocenters. The molecule has 110 valence electrons. The molecule has 0 saturated carbocycles. The van der Waals surface area contributed by atoms with E-state index in [-0.39, 0.29) is 6.04 Å². The van der Waals surface area contributed by atoms with Crippen LogP contribution in [0.3, 0.4) is 0 Å². The molecular weight excluding hydrogens is 330 g/mol. The van der Waals surface area contributed by atoms with Crippen molar-refractivity contribution in [2.75, 3.05) is 6.54 Å². The molecule has 0 N–H and O–H groups in total. The van der Waals surface area contributed by atoms with Crippen LogP contribution in [0.15, 0.2) is 29.3 Å². The van der Waals surface area contributed by atoms with Gasteiger partial charge in [-0.15, -0.1) is 0 Å². The fourth-order valence-electron chi connectivity index (χ4n) is 2.68. The highest BCUT2D eigenvalue weighted by molar-refractivity contribution is 9.10. The van der Waals surface area contributed by atoms with E-state index in [0.29, 0.717) is 0 Å². The van der Waals surface area contributed by atoms with Gasteiger partial charge in [-0.05, 0) is 42.2 Å². The molecule has 1 fully saturated rings. The van der Waals surface area contributed by atoms with Gasteiger partial charge in [0.15, 0.2) is 0 Å². The number of piperidine rings is 1. The number of rotatable bonds is 3. The number of nitrogens with zero attached hydrogens (tertiary/aromatic N) is 5. The second-order valence-electron chi connectivity index (χ2n) is 5.39. The highest BCUT2D eigenvalue weighted by Crippen LogP contribution is 2.29. The normalized spacial score (nSPS) is 19.6. The van der Waals surface area contributed by atoms with Gasteiger partial charge in [0.2, 0.25) is 0 Å². The molecule has 1 aliphatic heterocycles. The Labute approximate surface area is 133 Å². The molecular formula is C15H18BrN5. The topological polar surface area (TPSA) is 54.8 Å². The Kier molecular flexibility index (Phi) is 4.55. The first kappa shape index (κ1) is 14.5. The van der Waals surface area contributed by atoms with E-state index in [2.05, 4.69) is 40.8 Å². The number of hydrogen-bond acceptors (Lipinski definition) is 5. The molecule has 2 aromatic rings.